The molecule has 0 aliphatic rings. The van der Waals surface area contributed by atoms with Gasteiger partial charge in [-0.15, -0.1) is 0 Å². The molecule has 0 aromatic rings. The van der Waals surface area contributed by atoms with Crippen molar-refractivity contribution < 1.29 is 28.6 Å². The van der Waals surface area contributed by atoms with E-state index in [1.165, 1.54) is 250 Å². The van der Waals surface area contributed by atoms with E-state index in [1.54, 1.807) is 0 Å². The van der Waals surface area contributed by atoms with Crippen LogP contribution in [0.1, 0.15) is 362 Å². The summed E-state index contributed by atoms with van der Waals surface area (Å²) < 4.78 is 17.0. The van der Waals surface area contributed by atoms with Crippen molar-refractivity contribution in [1.29, 1.82) is 0 Å². The van der Waals surface area contributed by atoms with Crippen LogP contribution in [0.3, 0.4) is 0 Å². The standard InChI is InChI=1S/C64H124O6/c1-6-8-9-10-11-12-13-14-15-16-17-26-31-36-41-46-51-56-64(67)70-61(57-68-62(65)54-49-44-39-34-29-24-20-18-22-27-32-37-42-47-52-59(3)4)58-69-63(66)55-50-45-40-35-30-25-21-19-23-28-33-38-43-48-53-60(5)7-2/h59-61H,6-58H2,1-5H3/t60?,61-/m1/s1. The van der Waals surface area contributed by atoms with Crippen molar-refractivity contribution in [1.82, 2.24) is 0 Å². The normalized spacial score (nSPS) is 12.4. The minimum atomic E-state index is -0.764. The maximum Gasteiger partial charge on any atom is 0.306 e. The first-order valence-electron chi connectivity index (χ1n) is 31.8. The Labute approximate surface area is 438 Å². The number of ether oxygens (including phenoxy) is 3. The van der Waals surface area contributed by atoms with Crippen molar-refractivity contribution >= 4 is 17.9 Å². The van der Waals surface area contributed by atoms with Crippen LogP contribution in [0.5, 0.6) is 0 Å². The number of hydrogen-bond acceptors (Lipinski definition) is 6. The zero-order chi connectivity index (χ0) is 51.1. The van der Waals surface area contributed by atoms with Crippen LogP contribution >= 0.6 is 0 Å². The Morgan fingerprint density at radius 3 is 0.814 bits per heavy atom. The van der Waals surface area contributed by atoms with Gasteiger partial charge in [-0.3, -0.25) is 14.4 Å². The van der Waals surface area contributed by atoms with E-state index in [1.807, 2.05) is 0 Å². The number of hydrogen-bond donors (Lipinski definition) is 0. The summed E-state index contributed by atoms with van der Waals surface area (Å²) in [6.07, 6.45) is 62.3. The fourth-order valence-electron chi connectivity index (χ4n) is 9.90. The average Bonchev–Trinajstić information content (AvgIpc) is 3.35. The van der Waals surface area contributed by atoms with Crippen molar-refractivity contribution in [3.63, 3.8) is 0 Å². The second-order valence-electron chi connectivity index (χ2n) is 22.8. The van der Waals surface area contributed by atoms with Gasteiger partial charge in [0.05, 0.1) is 0 Å². The maximum absolute atomic E-state index is 12.9. The van der Waals surface area contributed by atoms with Gasteiger partial charge in [0.1, 0.15) is 13.2 Å². The first-order chi connectivity index (χ1) is 34.3. The summed E-state index contributed by atoms with van der Waals surface area (Å²) in [6.45, 7) is 11.5. The lowest BCUT2D eigenvalue weighted by atomic mass is 9.99. The molecule has 0 aromatic heterocycles. The summed E-state index contributed by atoms with van der Waals surface area (Å²) in [4.78, 5) is 38.3. The van der Waals surface area contributed by atoms with Gasteiger partial charge < -0.3 is 14.2 Å². The van der Waals surface area contributed by atoms with E-state index in [0.29, 0.717) is 19.3 Å². The van der Waals surface area contributed by atoms with Crippen LogP contribution in [0.2, 0.25) is 0 Å². The van der Waals surface area contributed by atoms with Crippen molar-refractivity contribution in [2.24, 2.45) is 11.8 Å². The Morgan fingerprint density at radius 2 is 0.543 bits per heavy atom. The van der Waals surface area contributed by atoms with E-state index in [4.69, 9.17) is 14.2 Å². The van der Waals surface area contributed by atoms with Gasteiger partial charge in [-0.2, -0.15) is 0 Å². The lowest BCUT2D eigenvalue weighted by molar-refractivity contribution is -0.167. The third-order valence-corrected chi connectivity index (χ3v) is 15.1. The summed E-state index contributed by atoms with van der Waals surface area (Å²) >= 11 is 0. The lowest BCUT2D eigenvalue weighted by Crippen LogP contribution is -2.30. The number of carbonyl (C=O) groups is 3. The largest absolute Gasteiger partial charge is 0.462 e. The van der Waals surface area contributed by atoms with Crippen LogP contribution in [0, 0.1) is 11.8 Å². The highest BCUT2D eigenvalue weighted by atomic mass is 16.6. The Bertz CT molecular complexity index is 1070. The number of unbranched alkanes of at least 4 members (excludes halogenated alkanes) is 42. The zero-order valence-electron chi connectivity index (χ0n) is 48.2. The average molecular weight is 990 g/mol. The molecular weight excluding hydrogens is 865 g/mol. The molecule has 0 radical (unpaired) electrons. The van der Waals surface area contributed by atoms with Gasteiger partial charge in [0, 0.05) is 19.3 Å². The first-order valence-corrected chi connectivity index (χ1v) is 31.8. The number of carbonyl (C=O) groups excluding carboxylic acids is 3. The zero-order valence-corrected chi connectivity index (χ0v) is 48.2. The SMILES string of the molecule is CCCCCCCCCCCCCCCCCCCC(=O)O[C@H](COC(=O)CCCCCCCCCCCCCCCCC(C)C)COC(=O)CCCCCCCCCCCCCCCCC(C)CC. The lowest BCUT2D eigenvalue weighted by Gasteiger charge is -2.18. The molecule has 0 saturated carbocycles. The quantitative estimate of drug-likeness (QED) is 0.0343. The Morgan fingerprint density at radius 1 is 0.300 bits per heavy atom. The monoisotopic (exact) mass is 989 g/mol. The number of esters is 3. The van der Waals surface area contributed by atoms with Crippen LogP contribution in [-0.4, -0.2) is 37.2 Å². The van der Waals surface area contributed by atoms with E-state index < -0.39 is 6.10 Å². The summed E-state index contributed by atoms with van der Waals surface area (Å²) in [5.41, 5.74) is 0. The van der Waals surface area contributed by atoms with Crippen molar-refractivity contribution in [3.05, 3.63) is 0 Å². The third kappa shape index (κ3) is 55.7. The molecule has 0 fully saturated rings. The summed E-state index contributed by atoms with van der Waals surface area (Å²) in [5, 5.41) is 0. The van der Waals surface area contributed by atoms with Crippen LogP contribution in [0.15, 0.2) is 0 Å². The predicted molar refractivity (Wildman–Crippen MR) is 303 cm³/mol. The topological polar surface area (TPSA) is 78.9 Å². The van der Waals surface area contributed by atoms with Crippen molar-refractivity contribution in [2.75, 3.05) is 13.2 Å². The molecule has 416 valence electrons. The van der Waals surface area contributed by atoms with Gasteiger partial charge in [-0.25, -0.2) is 0 Å². The second-order valence-corrected chi connectivity index (χ2v) is 22.8. The van der Waals surface area contributed by atoms with E-state index in [0.717, 1.165) is 69.6 Å². The van der Waals surface area contributed by atoms with Crippen LogP contribution in [0.25, 0.3) is 0 Å². The smallest absolute Gasteiger partial charge is 0.306 e. The summed E-state index contributed by atoms with van der Waals surface area (Å²) in [7, 11) is 0. The molecule has 1 unspecified atom stereocenters. The minimum Gasteiger partial charge on any atom is -0.462 e. The molecule has 70 heavy (non-hydrogen) atoms. The highest BCUT2D eigenvalue weighted by Crippen LogP contribution is 2.19. The van der Waals surface area contributed by atoms with Crippen LogP contribution < -0.4 is 0 Å². The fraction of sp³-hybridized carbons (Fsp3) is 0.953. The highest BCUT2D eigenvalue weighted by molar-refractivity contribution is 5.71. The molecular formula is C64H124O6. The molecule has 0 heterocycles. The highest BCUT2D eigenvalue weighted by Gasteiger charge is 2.19. The van der Waals surface area contributed by atoms with E-state index in [9.17, 15) is 14.4 Å². The fourth-order valence-corrected chi connectivity index (χ4v) is 9.90. The van der Waals surface area contributed by atoms with Gasteiger partial charge in [0.25, 0.3) is 0 Å². The molecule has 0 aliphatic carbocycles. The Balaban J connectivity index is 4.30. The molecule has 0 spiro atoms. The third-order valence-electron chi connectivity index (χ3n) is 15.1. The van der Waals surface area contributed by atoms with E-state index in [2.05, 4.69) is 34.6 Å². The molecule has 0 rings (SSSR count). The predicted octanol–water partition coefficient (Wildman–Crippen LogP) is 21.2. The van der Waals surface area contributed by atoms with Gasteiger partial charge in [-0.1, -0.05) is 324 Å². The number of rotatable bonds is 58. The minimum absolute atomic E-state index is 0.0619. The Kier molecular flexibility index (Phi) is 55.4. The first kappa shape index (κ1) is 68.4. The van der Waals surface area contributed by atoms with Crippen molar-refractivity contribution in [3.8, 4) is 0 Å². The molecule has 0 aromatic carbocycles. The Hall–Kier alpha value is -1.59. The molecule has 0 saturated heterocycles. The molecule has 6 heteroatoms. The second kappa shape index (κ2) is 56.7. The molecule has 0 aliphatic heterocycles. The van der Waals surface area contributed by atoms with Crippen LogP contribution in [-0.2, 0) is 28.6 Å². The molecule has 0 amide bonds. The molecule has 0 N–H and O–H groups in total. The van der Waals surface area contributed by atoms with E-state index in [-0.39, 0.29) is 31.1 Å². The maximum atomic E-state index is 12.9. The van der Waals surface area contributed by atoms with Gasteiger partial charge in [-0.05, 0) is 31.1 Å². The van der Waals surface area contributed by atoms with Gasteiger partial charge >= 0.3 is 17.9 Å². The molecule has 2 atom stereocenters. The molecule has 6 nitrogen and oxygen atoms in total. The van der Waals surface area contributed by atoms with Gasteiger partial charge in [0.2, 0.25) is 0 Å². The summed E-state index contributed by atoms with van der Waals surface area (Å²) in [5.74, 6) is 0.909. The molecule has 0 bridgehead atoms. The van der Waals surface area contributed by atoms with Crippen LogP contribution in [0.4, 0.5) is 0 Å². The van der Waals surface area contributed by atoms with Gasteiger partial charge in [0.15, 0.2) is 6.10 Å². The summed E-state index contributed by atoms with van der Waals surface area (Å²) in [6, 6.07) is 0. The van der Waals surface area contributed by atoms with Crippen molar-refractivity contribution in [2.45, 2.75) is 368 Å². The van der Waals surface area contributed by atoms with E-state index >= 15 is 0 Å².